The van der Waals surface area contributed by atoms with Crippen LogP contribution in [0, 0.1) is 12.8 Å². The number of aliphatic hydroxyl groups excluding tert-OH is 1. The van der Waals surface area contributed by atoms with Crippen molar-refractivity contribution in [3.05, 3.63) is 52.0 Å². The highest BCUT2D eigenvalue weighted by atomic mass is 32.1. The standard InChI is InChI=1S/C23H28N2O4S/c1-15-18(24-23(29-15)17-6-4-7-19(27-2)22(17)28-3)14-25-11-9-16(10-12-25)21(26)20-8-5-13-30-20/h4-8,13,16,21,26H,9-12,14H2,1-3H3. The number of nitrogens with zero attached hydrogens (tertiary/aromatic N) is 2. The van der Waals surface area contributed by atoms with E-state index >= 15 is 0 Å². The minimum absolute atomic E-state index is 0.315. The summed E-state index contributed by atoms with van der Waals surface area (Å²) in [5.41, 5.74) is 1.72. The number of rotatable bonds is 7. The lowest BCUT2D eigenvalue weighted by atomic mass is 9.90. The highest BCUT2D eigenvalue weighted by Gasteiger charge is 2.28. The topological polar surface area (TPSA) is 68.0 Å². The van der Waals surface area contributed by atoms with Crippen molar-refractivity contribution in [1.29, 1.82) is 0 Å². The molecule has 1 N–H and O–H groups in total. The molecule has 0 saturated carbocycles. The molecule has 30 heavy (non-hydrogen) atoms. The number of hydrogen-bond donors (Lipinski definition) is 1. The van der Waals surface area contributed by atoms with Gasteiger partial charge in [0.15, 0.2) is 11.5 Å². The maximum atomic E-state index is 10.6. The Hall–Kier alpha value is -2.35. The third-order valence-electron chi connectivity index (χ3n) is 5.81. The van der Waals surface area contributed by atoms with Gasteiger partial charge in [-0.2, -0.15) is 0 Å². The Balaban J connectivity index is 1.43. The lowest BCUT2D eigenvalue weighted by molar-refractivity contribution is 0.0586. The van der Waals surface area contributed by atoms with Gasteiger partial charge in [0, 0.05) is 11.4 Å². The van der Waals surface area contributed by atoms with Crippen LogP contribution in [0.25, 0.3) is 11.5 Å². The third-order valence-corrected chi connectivity index (χ3v) is 6.76. The monoisotopic (exact) mass is 428 g/mol. The molecule has 1 aromatic carbocycles. The highest BCUT2D eigenvalue weighted by Crippen LogP contribution is 2.38. The summed E-state index contributed by atoms with van der Waals surface area (Å²) >= 11 is 1.63. The van der Waals surface area contributed by atoms with E-state index in [1.807, 2.05) is 42.6 Å². The number of aromatic nitrogens is 1. The van der Waals surface area contributed by atoms with Crippen LogP contribution in [0.15, 0.2) is 40.1 Å². The van der Waals surface area contributed by atoms with E-state index in [2.05, 4.69) is 4.90 Å². The first-order chi connectivity index (χ1) is 14.6. The van der Waals surface area contributed by atoms with Crippen molar-refractivity contribution in [1.82, 2.24) is 9.88 Å². The van der Waals surface area contributed by atoms with Crippen molar-refractivity contribution in [2.75, 3.05) is 27.3 Å². The Bertz CT molecular complexity index is 962. The van der Waals surface area contributed by atoms with Crippen molar-refractivity contribution in [3.8, 4) is 23.0 Å². The number of thiophene rings is 1. The molecule has 1 unspecified atom stereocenters. The number of piperidine rings is 1. The van der Waals surface area contributed by atoms with Gasteiger partial charge in [0.25, 0.3) is 0 Å². The van der Waals surface area contributed by atoms with E-state index in [0.717, 1.165) is 54.4 Å². The Morgan fingerprint density at radius 2 is 2.00 bits per heavy atom. The number of para-hydroxylation sites is 1. The van der Waals surface area contributed by atoms with Crippen LogP contribution in [0.5, 0.6) is 11.5 Å². The SMILES string of the molecule is COc1cccc(-c2nc(CN3CCC(C(O)c4cccs4)CC3)c(C)o2)c1OC. The quantitative estimate of drug-likeness (QED) is 0.590. The van der Waals surface area contributed by atoms with Crippen LogP contribution >= 0.6 is 11.3 Å². The second-order valence-corrected chi connectivity index (χ2v) is 8.62. The summed E-state index contributed by atoms with van der Waals surface area (Å²) in [5.74, 6) is 2.95. The molecule has 2 aromatic heterocycles. The molecular formula is C23H28N2O4S. The molecule has 0 aliphatic carbocycles. The number of likely N-dealkylation sites (tertiary alicyclic amines) is 1. The average molecular weight is 429 g/mol. The molecule has 1 aliphatic heterocycles. The summed E-state index contributed by atoms with van der Waals surface area (Å²) < 4.78 is 16.9. The first-order valence-electron chi connectivity index (χ1n) is 10.2. The van der Waals surface area contributed by atoms with Gasteiger partial charge >= 0.3 is 0 Å². The lowest BCUT2D eigenvalue weighted by Crippen LogP contribution is -2.35. The predicted octanol–water partition coefficient (Wildman–Crippen LogP) is 4.67. The van der Waals surface area contributed by atoms with Gasteiger partial charge < -0.3 is 19.0 Å². The molecule has 1 saturated heterocycles. The zero-order valence-corrected chi connectivity index (χ0v) is 18.4. The normalized spacial score (nSPS) is 16.5. The van der Waals surface area contributed by atoms with Crippen molar-refractivity contribution < 1.29 is 19.0 Å². The maximum Gasteiger partial charge on any atom is 0.230 e. The second kappa shape index (κ2) is 9.20. The Labute approximate surface area is 181 Å². The van der Waals surface area contributed by atoms with Crippen LogP contribution in [0.1, 0.15) is 35.3 Å². The van der Waals surface area contributed by atoms with Gasteiger partial charge in [-0.1, -0.05) is 12.1 Å². The van der Waals surface area contributed by atoms with Crippen LogP contribution in [0.3, 0.4) is 0 Å². The number of benzene rings is 1. The molecule has 4 rings (SSSR count). The summed E-state index contributed by atoms with van der Waals surface area (Å²) in [6.45, 7) is 4.57. The fraction of sp³-hybridized carbons (Fsp3) is 0.435. The minimum Gasteiger partial charge on any atom is -0.493 e. The largest absolute Gasteiger partial charge is 0.493 e. The highest BCUT2D eigenvalue weighted by molar-refractivity contribution is 7.10. The molecule has 0 radical (unpaired) electrons. The van der Waals surface area contributed by atoms with E-state index in [1.165, 1.54) is 0 Å². The first-order valence-corrected chi connectivity index (χ1v) is 11.1. The minimum atomic E-state index is -0.354. The summed E-state index contributed by atoms with van der Waals surface area (Å²) in [7, 11) is 3.24. The number of aliphatic hydroxyl groups is 1. The van der Waals surface area contributed by atoms with Crippen LogP contribution in [0.2, 0.25) is 0 Å². The van der Waals surface area contributed by atoms with Crippen molar-refractivity contribution in [2.24, 2.45) is 5.92 Å². The number of aryl methyl sites for hydroxylation is 1. The van der Waals surface area contributed by atoms with E-state index in [9.17, 15) is 5.11 Å². The average Bonchev–Trinajstić information content (AvgIpc) is 3.43. The Morgan fingerprint density at radius 3 is 2.67 bits per heavy atom. The van der Waals surface area contributed by atoms with E-state index in [4.69, 9.17) is 18.9 Å². The fourth-order valence-electron chi connectivity index (χ4n) is 4.08. The lowest BCUT2D eigenvalue weighted by Gasteiger charge is -2.33. The summed E-state index contributed by atoms with van der Waals surface area (Å²) in [6, 6.07) is 9.71. The van der Waals surface area contributed by atoms with Crippen molar-refractivity contribution in [2.45, 2.75) is 32.4 Å². The van der Waals surface area contributed by atoms with Gasteiger partial charge in [0.05, 0.1) is 31.6 Å². The van der Waals surface area contributed by atoms with Gasteiger partial charge in [-0.15, -0.1) is 11.3 Å². The molecule has 1 aliphatic rings. The molecule has 6 nitrogen and oxygen atoms in total. The van der Waals surface area contributed by atoms with Gasteiger partial charge in [-0.25, -0.2) is 4.98 Å². The smallest absolute Gasteiger partial charge is 0.230 e. The zero-order valence-electron chi connectivity index (χ0n) is 17.6. The second-order valence-electron chi connectivity index (χ2n) is 7.64. The van der Waals surface area contributed by atoms with E-state index < -0.39 is 0 Å². The molecule has 0 amide bonds. The number of methoxy groups -OCH3 is 2. The Morgan fingerprint density at radius 1 is 1.20 bits per heavy atom. The van der Waals surface area contributed by atoms with Crippen LogP contribution in [-0.4, -0.2) is 42.3 Å². The van der Waals surface area contributed by atoms with Crippen LogP contribution < -0.4 is 9.47 Å². The molecule has 0 bridgehead atoms. The van der Waals surface area contributed by atoms with Crippen LogP contribution in [-0.2, 0) is 6.54 Å². The predicted molar refractivity (Wildman–Crippen MR) is 117 cm³/mol. The molecule has 7 heteroatoms. The van der Waals surface area contributed by atoms with Crippen LogP contribution in [0.4, 0.5) is 0 Å². The molecule has 1 atom stereocenters. The zero-order chi connectivity index (χ0) is 21.1. The molecule has 3 aromatic rings. The molecule has 3 heterocycles. The molecule has 0 spiro atoms. The Kier molecular flexibility index (Phi) is 6.41. The van der Waals surface area contributed by atoms with Gasteiger partial charge in [0.1, 0.15) is 5.76 Å². The van der Waals surface area contributed by atoms with Crippen molar-refractivity contribution in [3.63, 3.8) is 0 Å². The first kappa shape index (κ1) is 20.9. The maximum absolute atomic E-state index is 10.6. The summed E-state index contributed by atoms with van der Waals surface area (Å²) in [4.78, 5) is 8.21. The van der Waals surface area contributed by atoms with Crippen molar-refractivity contribution >= 4 is 11.3 Å². The molecular weight excluding hydrogens is 400 g/mol. The van der Waals surface area contributed by atoms with Gasteiger partial charge in [-0.3, -0.25) is 4.90 Å². The van der Waals surface area contributed by atoms with E-state index in [1.54, 1.807) is 25.6 Å². The van der Waals surface area contributed by atoms with Gasteiger partial charge in [0.2, 0.25) is 5.89 Å². The third kappa shape index (κ3) is 4.24. The number of oxazole rings is 1. The summed E-state index contributed by atoms with van der Waals surface area (Å²) in [5, 5.41) is 12.6. The van der Waals surface area contributed by atoms with E-state index in [0.29, 0.717) is 23.3 Å². The number of hydrogen-bond acceptors (Lipinski definition) is 7. The van der Waals surface area contributed by atoms with Gasteiger partial charge in [-0.05, 0) is 62.4 Å². The van der Waals surface area contributed by atoms with E-state index in [-0.39, 0.29) is 6.10 Å². The molecule has 1 fully saturated rings. The summed E-state index contributed by atoms with van der Waals surface area (Å²) in [6.07, 6.45) is 1.60. The number of ether oxygens (including phenoxy) is 2. The molecule has 160 valence electrons. The fourth-order valence-corrected chi connectivity index (χ4v) is 4.88.